The monoisotopic (exact) mass is 599 g/mol. The number of nitrogens with zero attached hydrogens (tertiary/aromatic N) is 4. The summed E-state index contributed by atoms with van der Waals surface area (Å²) in [5.74, 6) is 0.308. The van der Waals surface area contributed by atoms with Crippen LogP contribution in [0.15, 0.2) is 47.8 Å². The van der Waals surface area contributed by atoms with Crippen LogP contribution in [0, 0.1) is 5.82 Å². The SMILES string of the molecule is CC(C)c1ccnnc1OCC1([Si])CC(c2cnc(Nc3ccc(S(=O)(=O)NC(=O)OC(C)(C)C)cc3F)nc2)C1. The van der Waals surface area contributed by atoms with E-state index in [1.165, 1.54) is 6.07 Å². The third-order valence-corrected chi connectivity index (χ3v) is 8.22. The molecule has 11 nitrogen and oxygen atoms in total. The zero-order chi connectivity index (χ0) is 30.0. The van der Waals surface area contributed by atoms with Gasteiger partial charge in [0.05, 0.1) is 23.4 Å². The summed E-state index contributed by atoms with van der Waals surface area (Å²) < 4.78 is 52.3. The fourth-order valence-corrected chi connectivity index (χ4v) is 5.74. The summed E-state index contributed by atoms with van der Waals surface area (Å²) >= 11 is 0. The van der Waals surface area contributed by atoms with Gasteiger partial charge >= 0.3 is 6.09 Å². The highest BCUT2D eigenvalue weighted by molar-refractivity contribution is 7.90. The number of rotatable bonds is 9. The van der Waals surface area contributed by atoms with Gasteiger partial charge in [0.1, 0.15) is 11.4 Å². The van der Waals surface area contributed by atoms with E-state index in [1.807, 2.05) is 6.07 Å². The number of amides is 1. The van der Waals surface area contributed by atoms with Gasteiger partial charge in [-0.25, -0.2) is 32.3 Å². The first-order valence-corrected chi connectivity index (χ1v) is 15.0. The van der Waals surface area contributed by atoms with Crippen LogP contribution in [0.5, 0.6) is 5.88 Å². The van der Waals surface area contributed by atoms with Gasteiger partial charge in [0.2, 0.25) is 11.8 Å². The van der Waals surface area contributed by atoms with Gasteiger partial charge < -0.3 is 14.8 Å². The Labute approximate surface area is 242 Å². The Balaban J connectivity index is 1.33. The first-order valence-electron chi connectivity index (χ1n) is 13.0. The minimum absolute atomic E-state index is 0.0290. The second kappa shape index (κ2) is 11.7. The summed E-state index contributed by atoms with van der Waals surface area (Å²) in [7, 11) is -0.478. The molecule has 217 valence electrons. The molecule has 41 heavy (non-hydrogen) atoms. The third kappa shape index (κ3) is 7.76. The molecule has 0 saturated heterocycles. The summed E-state index contributed by atoms with van der Waals surface area (Å²) in [6, 6.07) is 5.09. The maximum Gasteiger partial charge on any atom is 0.421 e. The summed E-state index contributed by atoms with van der Waals surface area (Å²) in [5.41, 5.74) is 1.02. The van der Waals surface area contributed by atoms with E-state index in [0.717, 1.165) is 36.1 Å². The van der Waals surface area contributed by atoms with E-state index in [4.69, 9.17) is 9.47 Å². The van der Waals surface area contributed by atoms with Crippen LogP contribution in [0.2, 0.25) is 5.04 Å². The average molecular weight is 600 g/mol. The largest absolute Gasteiger partial charge is 0.476 e. The molecule has 2 N–H and O–H groups in total. The number of carbonyl (C=O) groups excluding carboxylic acids is 1. The van der Waals surface area contributed by atoms with Crippen molar-refractivity contribution in [2.75, 3.05) is 11.9 Å². The van der Waals surface area contributed by atoms with E-state index in [9.17, 15) is 17.6 Å². The molecule has 0 atom stereocenters. The smallest absolute Gasteiger partial charge is 0.421 e. The molecular formula is C27H32FN6O5SSi. The Bertz CT molecular complexity index is 1510. The number of hydrogen-bond acceptors (Lipinski definition) is 10. The molecule has 4 rings (SSSR count). The summed E-state index contributed by atoms with van der Waals surface area (Å²) in [5, 5.41) is 10.6. The van der Waals surface area contributed by atoms with E-state index in [2.05, 4.69) is 49.6 Å². The van der Waals surface area contributed by atoms with Crippen molar-refractivity contribution in [1.82, 2.24) is 24.9 Å². The van der Waals surface area contributed by atoms with Crippen molar-refractivity contribution in [2.24, 2.45) is 0 Å². The lowest BCUT2D eigenvalue weighted by Crippen LogP contribution is -2.36. The lowest BCUT2D eigenvalue weighted by molar-refractivity contribution is 0.0570. The number of hydrogen-bond donors (Lipinski definition) is 2. The van der Waals surface area contributed by atoms with Gasteiger partial charge in [-0.1, -0.05) is 13.8 Å². The highest BCUT2D eigenvalue weighted by Gasteiger charge is 2.42. The average Bonchev–Trinajstić information content (AvgIpc) is 2.86. The van der Waals surface area contributed by atoms with E-state index >= 15 is 0 Å². The van der Waals surface area contributed by atoms with Crippen molar-refractivity contribution in [3.63, 3.8) is 0 Å². The number of anilines is 2. The van der Waals surface area contributed by atoms with Crippen LogP contribution in [0.3, 0.4) is 0 Å². The standard InChI is InChI=1S/C27H32FN6O5SSi/c1-16(2)20-8-9-31-33-23(20)38-15-27(41)11-17(12-27)18-13-29-24(30-14-18)32-22-7-6-19(10-21(22)28)40(36,37)34-25(35)39-26(3,4)5/h6-10,13-14,16-17H,11-12,15H2,1-5H3,(H,34,35)(H,29,30,32). The van der Waals surface area contributed by atoms with Crippen LogP contribution in [0.4, 0.5) is 20.8 Å². The van der Waals surface area contributed by atoms with Gasteiger partial charge in [-0.15, -0.1) is 5.10 Å². The van der Waals surface area contributed by atoms with Crippen LogP contribution in [0.1, 0.15) is 70.4 Å². The topological polar surface area (TPSA) is 145 Å². The van der Waals surface area contributed by atoms with Gasteiger partial charge in [-0.3, -0.25) is 0 Å². The van der Waals surface area contributed by atoms with Crippen LogP contribution in [0.25, 0.3) is 0 Å². The minimum Gasteiger partial charge on any atom is -0.476 e. The molecule has 1 aromatic carbocycles. The van der Waals surface area contributed by atoms with Gasteiger partial charge in [0.15, 0.2) is 0 Å². The summed E-state index contributed by atoms with van der Waals surface area (Å²) in [6.07, 6.45) is 5.46. The molecule has 2 aromatic heterocycles. The second-order valence-electron chi connectivity index (χ2n) is 11.3. The lowest BCUT2D eigenvalue weighted by Gasteiger charge is -2.44. The van der Waals surface area contributed by atoms with E-state index in [0.29, 0.717) is 12.5 Å². The fraction of sp³-hybridized carbons (Fsp3) is 0.444. The van der Waals surface area contributed by atoms with Crippen molar-refractivity contribution in [3.05, 3.63) is 59.8 Å². The number of halogens is 1. The molecule has 1 aliphatic rings. The predicted molar refractivity (Wildman–Crippen MR) is 150 cm³/mol. The molecule has 1 amide bonds. The summed E-state index contributed by atoms with van der Waals surface area (Å²) in [4.78, 5) is 20.0. The first-order chi connectivity index (χ1) is 19.1. The first kappa shape index (κ1) is 30.3. The zero-order valence-corrected chi connectivity index (χ0v) is 25.3. The van der Waals surface area contributed by atoms with E-state index < -0.39 is 32.4 Å². The lowest BCUT2D eigenvalue weighted by atomic mass is 9.71. The highest BCUT2D eigenvalue weighted by Crippen LogP contribution is 2.54. The number of aromatic nitrogens is 4. The maximum atomic E-state index is 14.7. The van der Waals surface area contributed by atoms with Crippen LogP contribution < -0.4 is 14.8 Å². The molecule has 1 aliphatic carbocycles. The Hall–Kier alpha value is -3.65. The molecule has 0 spiro atoms. The van der Waals surface area contributed by atoms with Crippen molar-refractivity contribution in [2.45, 2.75) is 74.8 Å². The second-order valence-corrected chi connectivity index (χ2v) is 14.1. The molecule has 1 saturated carbocycles. The van der Waals surface area contributed by atoms with E-state index in [1.54, 1.807) is 44.1 Å². The molecule has 0 bridgehead atoms. The Kier molecular flexibility index (Phi) is 8.64. The van der Waals surface area contributed by atoms with Crippen molar-refractivity contribution < 1.29 is 27.1 Å². The fourth-order valence-electron chi connectivity index (χ4n) is 4.29. The molecular weight excluding hydrogens is 567 g/mol. The van der Waals surface area contributed by atoms with Gasteiger partial charge in [-0.05, 0) is 80.3 Å². The van der Waals surface area contributed by atoms with Crippen LogP contribution in [-0.4, -0.2) is 57.1 Å². The predicted octanol–water partition coefficient (Wildman–Crippen LogP) is 4.77. The molecule has 0 unspecified atom stereocenters. The maximum absolute atomic E-state index is 14.7. The Morgan fingerprint density at radius 1 is 1.20 bits per heavy atom. The van der Waals surface area contributed by atoms with Crippen molar-refractivity contribution in [3.8, 4) is 5.88 Å². The zero-order valence-electron chi connectivity index (χ0n) is 23.4. The third-order valence-electron chi connectivity index (χ3n) is 6.35. The van der Waals surface area contributed by atoms with Crippen molar-refractivity contribution in [1.29, 1.82) is 0 Å². The molecule has 3 radical (unpaired) electrons. The van der Waals surface area contributed by atoms with Crippen molar-refractivity contribution >= 4 is 38.0 Å². The quantitative estimate of drug-likeness (QED) is 0.330. The Morgan fingerprint density at radius 2 is 1.88 bits per heavy atom. The molecule has 2 heterocycles. The normalized spacial score (nSPS) is 18.9. The van der Waals surface area contributed by atoms with Crippen LogP contribution in [-0.2, 0) is 14.8 Å². The van der Waals surface area contributed by atoms with Gasteiger partial charge in [0.25, 0.3) is 10.0 Å². The van der Waals surface area contributed by atoms with E-state index in [-0.39, 0.29) is 28.5 Å². The molecule has 0 aliphatic heterocycles. The number of sulfonamides is 1. The number of nitrogens with one attached hydrogen (secondary N) is 2. The van der Waals surface area contributed by atoms with Gasteiger partial charge in [-0.2, -0.15) is 5.10 Å². The highest BCUT2D eigenvalue weighted by atomic mass is 32.2. The Morgan fingerprint density at radius 3 is 2.49 bits per heavy atom. The van der Waals surface area contributed by atoms with Gasteiger partial charge in [0, 0.05) is 28.2 Å². The summed E-state index contributed by atoms with van der Waals surface area (Å²) in [6.45, 7) is 9.37. The minimum atomic E-state index is -4.33. The number of benzene rings is 1. The number of ether oxygens (including phenoxy) is 2. The molecule has 1 fully saturated rings. The molecule has 3 aromatic rings. The number of carbonyl (C=O) groups is 1. The molecule has 14 heteroatoms. The van der Waals surface area contributed by atoms with Crippen LogP contribution >= 0.6 is 0 Å².